The number of piperazine rings is 1. The molecule has 0 radical (unpaired) electrons. The van der Waals surface area contributed by atoms with E-state index < -0.39 is 0 Å². The van der Waals surface area contributed by atoms with Gasteiger partial charge in [0.2, 0.25) is 5.91 Å². The van der Waals surface area contributed by atoms with Gasteiger partial charge in [-0.2, -0.15) is 0 Å². The third-order valence-electron chi connectivity index (χ3n) is 4.98. The Morgan fingerprint density at radius 2 is 1.44 bits per heavy atom. The molecule has 0 saturated carbocycles. The number of aromatic nitrogens is 2. The van der Waals surface area contributed by atoms with Crippen LogP contribution in [-0.4, -0.2) is 47.0 Å². The summed E-state index contributed by atoms with van der Waals surface area (Å²) in [6, 6.07) is 18.2. The monoisotopic (exact) mass is 360 g/mol. The van der Waals surface area contributed by atoms with Crippen molar-refractivity contribution in [3.63, 3.8) is 0 Å². The van der Waals surface area contributed by atoms with E-state index in [0.717, 1.165) is 54.3 Å². The van der Waals surface area contributed by atoms with Crippen LogP contribution in [-0.2, 0) is 4.79 Å². The lowest BCUT2D eigenvalue weighted by Gasteiger charge is -2.36. The van der Waals surface area contributed by atoms with Crippen molar-refractivity contribution >= 4 is 22.8 Å². The van der Waals surface area contributed by atoms with Crippen LogP contribution in [0.15, 0.2) is 54.6 Å². The highest BCUT2D eigenvalue weighted by Gasteiger charge is 2.25. The van der Waals surface area contributed by atoms with Crippen LogP contribution in [0.3, 0.4) is 0 Å². The molecule has 0 bridgehead atoms. The zero-order valence-corrected chi connectivity index (χ0v) is 15.8. The molecule has 27 heavy (non-hydrogen) atoms. The number of rotatable bonds is 3. The Morgan fingerprint density at radius 1 is 0.852 bits per heavy atom. The van der Waals surface area contributed by atoms with Gasteiger partial charge in [-0.15, -0.1) is 0 Å². The van der Waals surface area contributed by atoms with E-state index >= 15 is 0 Å². The van der Waals surface area contributed by atoms with Crippen molar-refractivity contribution in [1.82, 2.24) is 14.9 Å². The van der Waals surface area contributed by atoms with Crippen molar-refractivity contribution in [3.8, 4) is 11.3 Å². The minimum Gasteiger partial charge on any atom is -0.351 e. The molecular formula is C22H24N4O. The molecule has 1 fully saturated rings. The summed E-state index contributed by atoms with van der Waals surface area (Å²) >= 11 is 0. The third-order valence-corrected chi connectivity index (χ3v) is 4.98. The maximum atomic E-state index is 12.3. The highest BCUT2D eigenvalue weighted by Crippen LogP contribution is 2.30. The van der Waals surface area contributed by atoms with Crippen LogP contribution in [0.4, 0.5) is 5.82 Å². The van der Waals surface area contributed by atoms with Crippen LogP contribution >= 0.6 is 0 Å². The normalized spacial score (nSPS) is 14.8. The van der Waals surface area contributed by atoms with E-state index in [9.17, 15) is 4.79 Å². The van der Waals surface area contributed by atoms with E-state index in [0.29, 0.717) is 0 Å². The zero-order chi connectivity index (χ0) is 18.8. The average Bonchev–Trinajstić information content (AvgIpc) is 2.73. The molecule has 2 heterocycles. The van der Waals surface area contributed by atoms with Gasteiger partial charge in [0.15, 0.2) is 5.82 Å². The summed E-state index contributed by atoms with van der Waals surface area (Å²) in [5, 5.41) is 0. The van der Waals surface area contributed by atoms with Gasteiger partial charge in [-0.05, 0) is 12.1 Å². The van der Waals surface area contributed by atoms with Crippen LogP contribution in [0.25, 0.3) is 22.3 Å². The summed E-state index contributed by atoms with van der Waals surface area (Å²) in [5.74, 6) is 1.16. The highest BCUT2D eigenvalue weighted by atomic mass is 16.2. The molecule has 0 spiro atoms. The molecule has 0 unspecified atom stereocenters. The summed E-state index contributed by atoms with van der Waals surface area (Å²) in [6.07, 6.45) is 0. The molecule has 138 valence electrons. The van der Waals surface area contributed by atoms with Crippen molar-refractivity contribution < 1.29 is 4.79 Å². The number of anilines is 1. The van der Waals surface area contributed by atoms with Crippen molar-refractivity contribution in [2.45, 2.75) is 13.8 Å². The van der Waals surface area contributed by atoms with Gasteiger partial charge in [-0.1, -0.05) is 56.3 Å². The Labute approximate surface area is 159 Å². The summed E-state index contributed by atoms with van der Waals surface area (Å²) in [5.41, 5.74) is 3.76. The van der Waals surface area contributed by atoms with Gasteiger partial charge in [0, 0.05) is 37.7 Å². The fourth-order valence-corrected chi connectivity index (χ4v) is 3.50. The van der Waals surface area contributed by atoms with Crippen molar-refractivity contribution in [3.05, 3.63) is 54.6 Å². The van der Waals surface area contributed by atoms with E-state index in [-0.39, 0.29) is 11.8 Å². The molecule has 0 atom stereocenters. The number of carbonyl (C=O) groups excluding carboxylic acids is 1. The lowest BCUT2D eigenvalue weighted by molar-refractivity contribution is -0.134. The van der Waals surface area contributed by atoms with E-state index in [1.165, 1.54) is 0 Å². The van der Waals surface area contributed by atoms with E-state index in [2.05, 4.69) is 17.0 Å². The minimum atomic E-state index is 0.0388. The first kappa shape index (κ1) is 17.5. The zero-order valence-electron chi connectivity index (χ0n) is 15.8. The van der Waals surface area contributed by atoms with Gasteiger partial charge in [0.1, 0.15) is 5.69 Å². The van der Waals surface area contributed by atoms with Gasteiger partial charge in [0.05, 0.1) is 11.0 Å². The maximum absolute atomic E-state index is 12.3. The molecule has 0 aliphatic carbocycles. The number of hydrogen-bond donors (Lipinski definition) is 0. The Bertz CT molecular complexity index is 947. The molecule has 4 rings (SSSR count). The predicted octanol–water partition coefficient (Wildman–Crippen LogP) is 3.60. The molecule has 2 aromatic carbocycles. The number of amides is 1. The highest BCUT2D eigenvalue weighted by molar-refractivity contribution is 5.84. The standard InChI is InChI=1S/C22H24N4O/c1-16(2)22(27)26-14-12-25(13-15-26)21-20(17-8-4-3-5-9-17)23-18-10-6-7-11-19(18)24-21/h3-11,16H,12-15H2,1-2H3. The molecule has 3 aromatic rings. The van der Waals surface area contributed by atoms with Crippen molar-refractivity contribution in [2.24, 2.45) is 5.92 Å². The minimum absolute atomic E-state index is 0.0388. The number of para-hydroxylation sites is 2. The second kappa shape index (κ2) is 7.35. The first-order valence-electron chi connectivity index (χ1n) is 9.49. The molecular weight excluding hydrogens is 336 g/mol. The van der Waals surface area contributed by atoms with Gasteiger partial charge in [0.25, 0.3) is 0 Å². The van der Waals surface area contributed by atoms with Crippen LogP contribution in [0, 0.1) is 5.92 Å². The number of carbonyl (C=O) groups is 1. The average molecular weight is 360 g/mol. The van der Waals surface area contributed by atoms with E-state index in [1.54, 1.807) is 0 Å². The summed E-state index contributed by atoms with van der Waals surface area (Å²) in [4.78, 5) is 26.4. The summed E-state index contributed by atoms with van der Waals surface area (Å²) in [7, 11) is 0. The first-order valence-corrected chi connectivity index (χ1v) is 9.49. The topological polar surface area (TPSA) is 49.3 Å². The number of hydrogen-bond acceptors (Lipinski definition) is 4. The third kappa shape index (κ3) is 3.50. The summed E-state index contributed by atoms with van der Waals surface area (Å²) < 4.78 is 0. The van der Waals surface area contributed by atoms with Crippen LogP contribution in [0.2, 0.25) is 0 Å². The van der Waals surface area contributed by atoms with Crippen molar-refractivity contribution in [2.75, 3.05) is 31.1 Å². The Balaban J connectivity index is 1.70. The maximum Gasteiger partial charge on any atom is 0.225 e. The lowest BCUT2D eigenvalue weighted by atomic mass is 10.1. The number of fused-ring (bicyclic) bond motifs is 1. The van der Waals surface area contributed by atoms with Gasteiger partial charge in [-0.3, -0.25) is 4.79 Å². The van der Waals surface area contributed by atoms with Crippen LogP contribution in [0.1, 0.15) is 13.8 Å². The summed E-state index contributed by atoms with van der Waals surface area (Å²) in [6.45, 7) is 6.89. The second-order valence-corrected chi connectivity index (χ2v) is 7.22. The van der Waals surface area contributed by atoms with E-state index in [4.69, 9.17) is 9.97 Å². The lowest BCUT2D eigenvalue weighted by Crippen LogP contribution is -2.50. The molecule has 1 amide bonds. The number of nitrogens with zero attached hydrogens (tertiary/aromatic N) is 4. The van der Waals surface area contributed by atoms with Gasteiger partial charge >= 0.3 is 0 Å². The molecule has 0 N–H and O–H groups in total. The Hall–Kier alpha value is -2.95. The molecule has 1 aliphatic rings. The van der Waals surface area contributed by atoms with Crippen LogP contribution < -0.4 is 4.90 Å². The molecule has 5 heteroatoms. The molecule has 1 aliphatic heterocycles. The molecule has 5 nitrogen and oxygen atoms in total. The quantitative estimate of drug-likeness (QED) is 0.716. The van der Waals surface area contributed by atoms with Crippen LogP contribution in [0.5, 0.6) is 0 Å². The Kier molecular flexibility index (Phi) is 4.75. The van der Waals surface area contributed by atoms with E-state index in [1.807, 2.05) is 61.2 Å². The molecule has 1 saturated heterocycles. The second-order valence-electron chi connectivity index (χ2n) is 7.22. The smallest absolute Gasteiger partial charge is 0.225 e. The first-order chi connectivity index (χ1) is 13.1. The Morgan fingerprint density at radius 3 is 2.07 bits per heavy atom. The fraction of sp³-hybridized carbons (Fsp3) is 0.318. The SMILES string of the molecule is CC(C)C(=O)N1CCN(c2nc3ccccc3nc2-c2ccccc2)CC1. The largest absolute Gasteiger partial charge is 0.351 e. The number of benzene rings is 2. The predicted molar refractivity (Wildman–Crippen MR) is 109 cm³/mol. The van der Waals surface area contributed by atoms with Gasteiger partial charge < -0.3 is 9.80 Å². The fourth-order valence-electron chi connectivity index (χ4n) is 3.50. The van der Waals surface area contributed by atoms with Gasteiger partial charge in [-0.25, -0.2) is 9.97 Å². The molecule has 1 aromatic heterocycles. The van der Waals surface area contributed by atoms with Crippen molar-refractivity contribution in [1.29, 1.82) is 0 Å².